The van der Waals surface area contributed by atoms with E-state index in [2.05, 4.69) is 43.1 Å². The zero-order valence-corrected chi connectivity index (χ0v) is 13.1. The molecule has 1 aliphatic carbocycles. The summed E-state index contributed by atoms with van der Waals surface area (Å²) in [6, 6.07) is 1.46. The van der Waals surface area contributed by atoms with E-state index in [1.807, 2.05) is 0 Å². The molecule has 19 heavy (non-hydrogen) atoms. The quantitative estimate of drug-likeness (QED) is 0.765. The zero-order valence-electron chi connectivity index (χ0n) is 13.1. The van der Waals surface area contributed by atoms with Crippen molar-refractivity contribution in [3.63, 3.8) is 0 Å². The lowest BCUT2D eigenvalue weighted by molar-refractivity contribution is 0.0875. The number of rotatable bonds is 5. The maximum atomic E-state index is 3.78. The Morgan fingerprint density at radius 2 is 2.16 bits per heavy atom. The van der Waals surface area contributed by atoms with E-state index in [0.29, 0.717) is 6.04 Å². The smallest absolute Gasteiger partial charge is 0.0221 e. The molecule has 0 aromatic heterocycles. The summed E-state index contributed by atoms with van der Waals surface area (Å²) in [4.78, 5) is 2.79. The van der Waals surface area contributed by atoms with Crippen LogP contribution in [0.4, 0.5) is 0 Å². The second kappa shape index (κ2) is 7.44. The molecule has 1 N–H and O–H groups in total. The van der Waals surface area contributed by atoms with Crippen LogP contribution in [0.3, 0.4) is 0 Å². The SMILES string of the molecule is CCC(C)C1CN(CC2CC=CCC2)C(CC)CN1. The molecule has 0 amide bonds. The van der Waals surface area contributed by atoms with Gasteiger partial charge in [-0.05, 0) is 37.5 Å². The van der Waals surface area contributed by atoms with Crippen LogP contribution in [0, 0.1) is 11.8 Å². The monoisotopic (exact) mass is 264 g/mol. The Hall–Kier alpha value is -0.340. The fraction of sp³-hybridized carbons (Fsp3) is 0.882. The van der Waals surface area contributed by atoms with Crippen LogP contribution in [0.2, 0.25) is 0 Å². The average molecular weight is 264 g/mol. The van der Waals surface area contributed by atoms with Gasteiger partial charge in [-0.25, -0.2) is 0 Å². The number of nitrogens with one attached hydrogen (secondary N) is 1. The highest BCUT2D eigenvalue weighted by atomic mass is 15.2. The summed E-state index contributed by atoms with van der Waals surface area (Å²) < 4.78 is 0. The van der Waals surface area contributed by atoms with Crippen molar-refractivity contribution < 1.29 is 0 Å². The van der Waals surface area contributed by atoms with Gasteiger partial charge in [0, 0.05) is 31.7 Å². The molecular weight excluding hydrogens is 232 g/mol. The van der Waals surface area contributed by atoms with Crippen LogP contribution in [0.5, 0.6) is 0 Å². The third kappa shape index (κ3) is 4.06. The summed E-state index contributed by atoms with van der Waals surface area (Å²) in [5, 5.41) is 3.78. The molecule has 0 bridgehead atoms. The second-order valence-electron chi connectivity index (χ2n) is 6.57. The first-order chi connectivity index (χ1) is 9.24. The van der Waals surface area contributed by atoms with E-state index in [0.717, 1.165) is 17.9 Å². The molecule has 0 aromatic carbocycles. The number of allylic oxidation sites excluding steroid dienone is 2. The van der Waals surface area contributed by atoms with Crippen molar-refractivity contribution in [1.82, 2.24) is 10.2 Å². The van der Waals surface area contributed by atoms with Crippen molar-refractivity contribution in [3.8, 4) is 0 Å². The zero-order chi connectivity index (χ0) is 13.7. The van der Waals surface area contributed by atoms with Crippen LogP contribution in [0.25, 0.3) is 0 Å². The van der Waals surface area contributed by atoms with E-state index in [1.165, 1.54) is 51.7 Å². The van der Waals surface area contributed by atoms with Crippen LogP contribution in [-0.4, -0.2) is 36.6 Å². The topological polar surface area (TPSA) is 15.3 Å². The third-order valence-corrected chi connectivity index (χ3v) is 5.24. The molecule has 1 heterocycles. The molecule has 0 spiro atoms. The predicted molar refractivity (Wildman–Crippen MR) is 83.4 cm³/mol. The van der Waals surface area contributed by atoms with Gasteiger partial charge in [-0.15, -0.1) is 0 Å². The van der Waals surface area contributed by atoms with E-state index in [-0.39, 0.29) is 0 Å². The summed E-state index contributed by atoms with van der Waals surface area (Å²) in [5.74, 6) is 1.70. The summed E-state index contributed by atoms with van der Waals surface area (Å²) in [6.07, 6.45) is 11.3. The first kappa shape index (κ1) is 15.1. The molecule has 110 valence electrons. The standard InChI is InChI=1S/C17H32N2/c1-4-14(3)17-13-19(16(5-2)11-18-17)12-15-9-7-6-8-10-15/h6-7,14-18H,4-5,8-13H2,1-3H3. The number of piperazine rings is 1. The molecule has 1 saturated heterocycles. The number of nitrogens with zero attached hydrogens (tertiary/aromatic N) is 1. The van der Waals surface area contributed by atoms with Crippen LogP contribution in [0.1, 0.15) is 52.9 Å². The van der Waals surface area contributed by atoms with Gasteiger partial charge in [-0.1, -0.05) is 39.3 Å². The van der Waals surface area contributed by atoms with Gasteiger partial charge in [-0.2, -0.15) is 0 Å². The highest BCUT2D eigenvalue weighted by Gasteiger charge is 2.30. The van der Waals surface area contributed by atoms with E-state index >= 15 is 0 Å². The predicted octanol–water partition coefficient (Wildman–Crippen LogP) is 3.44. The summed E-state index contributed by atoms with van der Waals surface area (Å²) in [5.41, 5.74) is 0. The Morgan fingerprint density at radius 3 is 2.79 bits per heavy atom. The van der Waals surface area contributed by atoms with Crippen LogP contribution in [0.15, 0.2) is 12.2 Å². The van der Waals surface area contributed by atoms with Crippen molar-refractivity contribution in [3.05, 3.63) is 12.2 Å². The molecule has 0 aromatic rings. The van der Waals surface area contributed by atoms with Crippen LogP contribution in [-0.2, 0) is 0 Å². The minimum absolute atomic E-state index is 0.701. The van der Waals surface area contributed by atoms with Gasteiger partial charge in [0.25, 0.3) is 0 Å². The fourth-order valence-electron chi connectivity index (χ4n) is 3.53. The van der Waals surface area contributed by atoms with Gasteiger partial charge in [0.1, 0.15) is 0 Å². The van der Waals surface area contributed by atoms with Crippen molar-refractivity contribution >= 4 is 0 Å². The third-order valence-electron chi connectivity index (χ3n) is 5.24. The highest BCUT2D eigenvalue weighted by molar-refractivity contribution is 4.93. The van der Waals surface area contributed by atoms with Gasteiger partial charge >= 0.3 is 0 Å². The summed E-state index contributed by atoms with van der Waals surface area (Å²) >= 11 is 0. The molecule has 0 radical (unpaired) electrons. The first-order valence-corrected chi connectivity index (χ1v) is 8.37. The first-order valence-electron chi connectivity index (χ1n) is 8.37. The van der Waals surface area contributed by atoms with Gasteiger partial charge in [0.05, 0.1) is 0 Å². The molecule has 1 fully saturated rings. The van der Waals surface area contributed by atoms with E-state index in [9.17, 15) is 0 Å². The largest absolute Gasteiger partial charge is 0.311 e. The average Bonchev–Trinajstić information content (AvgIpc) is 2.47. The molecule has 2 heteroatoms. The fourth-order valence-corrected chi connectivity index (χ4v) is 3.53. The van der Waals surface area contributed by atoms with E-state index in [4.69, 9.17) is 0 Å². The van der Waals surface area contributed by atoms with Crippen LogP contribution < -0.4 is 5.32 Å². The Labute approximate surface area is 119 Å². The van der Waals surface area contributed by atoms with Gasteiger partial charge in [0.2, 0.25) is 0 Å². The Kier molecular flexibility index (Phi) is 5.90. The lowest BCUT2D eigenvalue weighted by Crippen LogP contribution is -2.59. The minimum Gasteiger partial charge on any atom is -0.311 e. The molecule has 2 rings (SSSR count). The Balaban J connectivity index is 1.91. The maximum absolute atomic E-state index is 3.78. The second-order valence-corrected chi connectivity index (χ2v) is 6.57. The number of hydrogen-bond donors (Lipinski definition) is 1. The van der Waals surface area contributed by atoms with Gasteiger partial charge < -0.3 is 5.32 Å². The molecule has 0 saturated carbocycles. The molecule has 2 nitrogen and oxygen atoms in total. The highest BCUT2D eigenvalue weighted by Crippen LogP contribution is 2.23. The molecule has 1 aliphatic heterocycles. The Morgan fingerprint density at radius 1 is 1.32 bits per heavy atom. The summed E-state index contributed by atoms with van der Waals surface area (Å²) in [6.45, 7) is 10.8. The molecule has 4 unspecified atom stereocenters. The number of hydrogen-bond acceptors (Lipinski definition) is 2. The van der Waals surface area contributed by atoms with Crippen molar-refractivity contribution in [2.24, 2.45) is 11.8 Å². The molecule has 4 atom stereocenters. The maximum Gasteiger partial charge on any atom is 0.0221 e. The van der Waals surface area contributed by atoms with Gasteiger partial charge in [-0.3, -0.25) is 4.90 Å². The van der Waals surface area contributed by atoms with Crippen LogP contribution >= 0.6 is 0 Å². The normalized spacial score (nSPS) is 34.4. The van der Waals surface area contributed by atoms with Crippen molar-refractivity contribution in [2.75, 3.05) is 19.6 Å². The van der Waals surface area contributed by atoms with Crippen molar-refractivity contribution in [1.29, 1.82) is 0 Å². The van der Waals surface area contributed by atoms with E-state index in [1.54, 1.807) is 0 Å². The lowest BCUT2D eigenvalue weighted by Gasteiger charge is -2.43. The Bertz CT molecular complexity index is 287. The van der Waals surface area contributed by atoms with Crippen molar-refractivity contribution in [2.45, 2.75) is 65.0 Å². The molecular formula is C17H32N2. The summed E-state index contributed by atoms with van der Waals surface area (Å²) in [7, 11) is 0. The lowest BCUT2D eigenvalue weighted by atomic mass is 9.90. The van der Waals surface area contributed by atoms with Gasteiger partial charge in [0.15, 0.2) is 0 Å². The molecule has 2 aliphatic rings. The van der Waals surface area contributed by atoms with E-state index < -0.39 is 0 Å². The minimum atomic E-state index is 0.701.